The average molecular weight is 312 g/mol. The van der Waals surface area contributed by atoms with E-state index in [1.807, 2.05) is 31.2 Å². The van der Waals surface area contributed by atoms with E-state index in [1.54, 1.807) is 0 Å². The van der Waals surface area contributed by atoms with Crippen LogP contribution < -0.4 is 10.1 Å². The van der Waals surface area contributed by atoms with Gasteiger partial charge in [0.15, 0.2) is 6.61 Å². The summed E-state index contributed by atoms with van der Waals surface area (Å²) in [6, 6.07) is 13.5. The van der Waals surface area contributed by atoms with E-state index in [0.29, 0.717) is 12.3 Å². The van der Waals surface area contributed by atoms with Crippen molar-refractivity contribution in [2.24, 2.45) is 0 Å². The maximum atomic E-state index is 12.8. The van der Waals surface area contributed by atoms with E-state index in [4.69, 9.17) is 4.74 Å². The first kappa shape index (κ1) is 15.1. The molecule has 0 bridgehead atoms. The van der Waals surface area contributed by atoms with E-state index in [2.05, 4.69) is 10.3 Å². The van der Waals surface area contributed by atoms with E-state index in [0.717, 1.165) is 22.2 Å². The Bertz CT molecular complexity index is 825. The third-order valence-electron chi connectivity index (χ3n) is 3.67. The van der Waals surface area contributed by atoms with Crippen LogP contribution in [-0.4, -0.2) is 17.5 Å². The lowest BCUT2D eigenvalue weighted by Gasteiger charge is -2.08. The second-order valence-corrected chi connectivity index (χ2v) is 5.29. The predicted octanol–water partition coefficient (Wildman–Crippen LogP) is 3.31. The van der Waals surface area contributed by atoms with Crippen LogP contribution in [-0.2, 0) is 11.3 Å². The van der Waals surface area contributed by atoms with Crippen molar-refractivity contribution < 1.29 is 13.9 Å². The number of aryl methyl sites for hydroxylation is 1. The van der Waals surface area contributed by atoms with Crippen molar-refractivity contribution in [2.75, 3.05) is 6.61 Å². The predicted molar refractivity (Wildman–Crippen MR) is 86.8 cm³/mol. The Kier molecular flexibility index (Phi) is 4.28. The van der Waals surface area contributed by atoms with E-state index < -0.39 is 0 Å². The van der Waals surface area contributed by atoms with Gasteiger partial charge in [-0.25, -0.2) is 4.39 Å². The first-order chi connectivity index (χ1) is 11.1. The number of ether oxygens (including phenoxy) is 1. The lowest BCUT2D eigenvalue weighted by Crippen LogP contribution is -2.28. The highest BCUT2D eigenvalue weighted by atomic mass is 19.1. The zero-order chi connectivity index (χ0) is 16.2. The second kappa shape index (κ2) is 6.52. The molecule has 0 aliphatic rings. The molecule has 2 N–H and O–H groups in total. The van der Waals surface area contributed by atoms with Crippen molar-refractivity contribution in [2.45, 2.75) is 13.5 Å². The minimum absolute atomic E-state index is 0.104. The van der Waals surface area contributed by atoms with Crippen LogP contribution in [0.1, 0.15) is 11.3 Å². The maximum absolute atomic E-state index is 12.8. The maximum Gasteiger partial charge on any atom is 0.258 e. The lowest BCUT2D eigenvalue weighted by atomic mass is 10.1. The molecule has 3 rings (SSSR count). The average Bonchev–Trinajstić information content (AvgIpc) is 2.87. The number of nitrogens with one attached hydrogen (secondary N) is 2. The summed E-state index contributed by atoms with van der Waals surface area (Å²) in [6.45, 7) is 2.31. The van der Waals surface area contributed by atoms with E-state index in [9.17, 15) is 9.18 Å². The van der Waals surface area contributed by atoms with Crippen molar-refractivity contribution in [3.05, 3.63) is 65.6 Å². The smallest absolute Gasteiger partial charge is 0.258 e. The highest BCUT2D eigenvalue weighted by Crippen LogP contribution is 2.21. The Morgan fingerprint density at radius 3 is 2.70 bits per heavy atom. The second-order valence-electron chi connectivity index (χ2n) is 5.29. The van der Waals surface area contributed by atoms with Crippen molar-refractivity contribution in [3.8, 4) is 5.75 Å². The quantitative estimate of drug-likeness (QED) is 0.759. The molecule has 3 aromatic rings. The molecule has 0 saturated carbocycles. The van der Waals surface area contributed by atoms with Gasteiger partial charge < -0.3 is 15.0 Å². The fourth-order valence-corrected chi connectivity index (χ4v) is 2.48. The van der Waals surface area contributed by atoms with Crippen LogP contribution in [0.2, 0.25) is 0 Å². The highest BCUT2D eigenvalue weighted by molar-refractivity contribution is 5.85. The van der Waals surface area contributed by atoms with Gasteiger partial charge in [-0.2, -0.15) is 0 Å². The summed E-state index contributed by atoms with van der Waals surface area (Å²) in [5.41, 5.74) is 3.15. The minimum atomic E-state index is -0.336. The standard InChI is InChI=1S/C18H17FN2O2/c1-12-16(15-4-2-3-5-17(15)21-12)10-20-18(22)11-23-14-8-6-13(19)7-9-14/h2-9,21H,10-11H2,1H3,(H,20,22). The molecule has 23 heavy (non-hydrogen) atoms. The van der Waals surface area contributed by atoms with Gasteiger partial charge in [-0.05, 0) is 42.8 Å². The van der Waals surface area contributed by atoms with Crippen LogP contribution in [0.15, 0.2) is 48.5 Å². The number of rotatable bonds is 5. The molecule has 0 aliphatic carbocycles. The molecule has 5 heteroatoms. The van der Waals surface area contributed by atoms with Crippen molar-refractivity contribution in [3.63, 3.8) is 0 Å². The number of aromatic nitrogens is 1. The summed E-state index contributed by atoms with van der Waals surface area (Å²) in [6.07, 6.45) is 0. The molecule has 0 fully saturated rings. The third-order valence-corrected chi connectivity index (χ3v) is 3.67. The molecule has 0 atom stereocenters. The molecule has 0 spiro atoms. The van der Waals surface area contributed by atoms with Gasteiger partial charge in [-0.15, -0.1) is 0 Å². The Hall–Kier alpha value is -2.82. The molecule has 0 unspecified atom stereocenters. The Morgan fingerprint density at radius 1 is 1.17 bits per heavy atom. The van der Waals surface area contributed by atoms with Crippen molar-refractivity contribution in [1.29, 1.82) is 0 Å². The zero-order valence-corrected chi connectivity index (χ0v) is 12.7. The summed E-state index contributed by atoms with van der Waals surface area (Å²) in [4.78, 5) is 15.2. The number of H-pyrrole nitrogens is 1. The molecule has 0 radical (unpaired) electrons. The number of fused-ring (bicyclic) bond motifs is 1. The fraction of sp³-hybridized carbons (Fsp3) is 0.167. The molecule has 1 amide bonds. The van der Waals surface area contributed by atoms with Gasteiger partial charge in [0.25, 0.3) is 5.91 Å². The Balaban J connectivity index is 1.58. The molecule has 1 aromatic heterocycles. The summed E-state index contributed by atoms with van der Waals surface area (Å²) >= 11 is 0. The third kappa shape index (κ3) is 3.51. The number of aromatic amines is 1. The summed E-state index contributed by atoms with van der Waals surface area (Å²) in [5, 5.41) is 3.94. The zero-order valence-electron chi connectivity index (χ0n) is 12.7. The molecule has 4 nitrogen and oxygen atoms in total. The summed E-state index contributed by atoms with van der Waals surface area (Å²) < 4.78 is 18.1. The van der Waals surface area contributed by atoms with Crippen LogP contribution >= 0.6 is 0 Å². The Morgan fingerprint density at radius 2 is 1.91 bits per heavy atom. The van der Waals surface area contributed by atoms with Crippen LogP contribution in [0.4, 0.5) is 4.39 Å². The number of carbonyl (C=O) groups is 1. The van der Waals surface area contributed by atoms with Gasteiger partial charge in [0.05, 0.1) is 0 Å². The van der Waals surface area contributed by atoms with Crippen molar-refractivity contribution >= 4 is 16.8 Å². The topological polar surface area (TPSA) is 54.1 Å². The van der Waals surface area contributed by atoms with Gasteiger partial charge in [-0.1, -0.05) is 18.2 Å². The van der Waals surface area contributed by atoms with Crippen LogP contribution in [0, 0.1) is 12.7 Å². The van der Waals surface area contributed by atoms with E-state index in [1.165, 1.54) is 24.3 Å². The van der Waals surface area contributed by atoms with Gasteiger partial charge >= 0.3 is 0 Å². The van der Waals surface area contributed by atoms with Gasteiger partial charge in [-0.3, -0.25) is 4.79 Å². The fourth-order valence-electron chi connectivity index (χ4n) is 2.48. The van der Waals surface area contributed by atoms with Gasteiger partial charge in [0, 0.05) is 23.1 Å². The van der Waals surface area contributed by atoms with Gasteiger partial charge in [0.2, 0.25) is 0 Å². The van der Waals surface area contributed by atoms with Crippen LogP contribution in [0.5, 0.6) is 5.75 Å². The summed E-state index contributed by atoms with van der Waals surface area (Å²) in [7, 11) is 0. The number of benzene rings is 2. The molecular weight excluding hydrogens is 295 g/mol. The van der Waals surface area contributed by atoms with Gasteiger partial charge in [0.1, 0.15) is 11.6 Å². The summed E-state index contributed by atoms with van der Waals surface area (Å²) in [5.74, 6) is -0.0968. The normalized spacial score (nSPS) is 10.7. The van der Waals surface area contributed by atoms with E-state index in [-0.39, 0.29) is 18.3 Å². The molecule has 118 valence electrons. The first-order valence-electron chi connectivity index (χ1n) is 7.35. The van der Waals surface area contributed by atoms with E-state index >= 15 is 0 Å². The van der Waals surface area contributed by atoms with Crippen LogP contribution in [0.25, 0.3) is 10.9 Å². The number of para-hydroxylation sites is 1. The number of halogens is 1. The first-order valence-corrected chi connectivity index (χ1v) is 7.35. The molecular formula is C18H17FN2O2. The SMILES string of the molecule is Cc1[nH]c2ccccc2c1CNC(=O)COc1ccc(F)cc1. The van der Waals surface area contributed by atoms with Crippen molar-refractivity contribution in [1.82, 2.24) is 10.3 Å². The molecule has 0 aliphatic heterocycles. The monoisotopic (exact) mass is 312 g/mol. The lowest BCUT2D eigenvalue weighted by molar-refractivity contribution is -0.123. The number of carbonyl (C=O) groups excluding carboxylic acids is 1. The Labute approximate surface area is 133 Å². The number of hydrogen-bond acceptors (Lipinski definition) is 2. The minimum Gasteiger partial charge on any atom is -0.484 e. The number of amides is 1. The van der Waals surface area contributed by atoms with Crippen LogP contribution in [0.3, 0.4) is 0 Å². The number of hydrogen-bond donors (Lipinski definition) is 2. The molecule has 0 saturated heterocycles. The highest BCUT2D eigenvalue weighted by Gasteiger charge is 2.09. The molecule has 1 heterocycles. The molecule has 2 aromatic carbocycles. The largest absolute Gasteiger partial charge is 0.484 e.